The van der Waals surface area contributed by atoms with Crippen LogP contribution >= 0.6 is 23.6 Å². The van der Waals surface area contributed by atoms with E-state index in [4.69, 9.17) is 17.0 Å². The molecule has 0 radical (unpaired) electrons. The minimum atomic E-state index is 0.00365. The standard InChI is InChI=1S/C21H21N3OS2/c1-14(2)25-16-10-8-15(9-11-16)24-20(18-7-5-13-27-18)19(23-21(24)26)17-6-3-4-12-22-17/h3-14,19-20H,1-2H3,(H,23,26)/t19-,20+/m1/s1. The van der Waals surface area contributed by atoms with Gasteiger partial charge in [-0.05, 0) is 73.9 Å². The van der Waals surface area contributed by atoms with Crippen molar-refractivity contribution in [3.63, 3.8) is 0 Å². The van der Waals surface area contributed by atoms with Crippen LogP contribution in [0.25, 0.3) is 0 Å². The second-order valence-corrected chi connectivity index (χ2v) is 8.04. The zero-order valence-electron chi connectivity index (χ0n) is 15.2. The van der Waals surface area contributed by atoms with E-state index in [9.17, 15) is 0 Å². The Hall–Kier alpha value is -2.44. The molecule has 4 nitrogen and oxygen atoms in total. The van der Waals surface area contributed by atoms with Crippen molar-refractivity contribution in [1.29, 1.82) is 0 Å². The van der Waals surface area contributed by atoms with Crippen LogP contribution in [0.1, 0.15) is 36.5 Å². The van der Waals surface area contributed by atoms with Gasteiger partial charge in [0.15, 0.2) is 5.11 Å². The summed E-state index contributed by atoms with van der Waals surface area (Å²) in [7, 11) is 0. The molecule has 0 bridgehead atoms. The fourth-order valence-corrected chi connectivity index (χ4v) is 4.54. The van der Waals surface area contributed by atoms with Gasteiger partial charge in [0.25, 0.3) is 0 Å². The lowest BCUT2D eigenvalue weighted by Gasteiger charge is -2.27. The predicted molar refractivity (Wildman–Crippen MR) is 114 cm³/mol. The van der Waals surface area contributed by atoms with E-state index >= 15 is 0 Å². The average Bonchev–Trinajstić information content (AvgIpc) is 3.30. The average molecular weight is 396 g/mol. The highest BCUT2D eigenvalue weighted by molar-refractivity contribution is 7.80. The summed E-state index contributed by atoms with van der Waals surface area (Å²) in [6, 6.07) is 18.4. The van der Waals surface area contributed by atoms with Crippen LogP contribution in [0.5, 0.6) is 5.75 Å². The van der Waals surface area contributed by atoms with Crippen LogP contribution in [0.2, 0.25) is 0 Å². The van der Waals surface area contributed by atoms with Gasteiger partial charge in [-0.15, -0.1) is 11.3 Å². The Morgan fingerprint density at radius 3 is 2.56 bits per heavy atom. The molecule has 0 unspecified atom stereocenters. The van der Waals surface area contributed by atoms with Crippen molar-refractivity contribution < 1.29 is 4.74 Å². The van der Waals surface area contributed by atoms with Gasteiger partial charge < -0.3 is 15.0 Å². The fourth-order valence-electron chi connectivity index (χ4n) is 3.34. The molecule has 3 heterocycles. The number of pyridine rings is 1. The number of nitrogens with zero attached hydrogens (tertiary/aromatic N) is 2. The lowest BCUT2D eigenvalue weighted by molar-refractivity contribution is 0.242. The number of hydrogen-bond donors (Lipinski definition) is 1. The Morgan fingerprint density at radius 2 is 1.93 bits per heavy atom. The number of ether oxygens (including phenoxy) is 1. The van der Waals surface area contributed by atoms with Gasteiger partial charge in [-0.25, -0.2) is 0 Å². The predicted octanol–water partition coefficient (Wildman–Crippen LogP) is 5.11. The maximum Gasteiger partial charge on any atom is 0.174 e. The summed E-state index contributed by atoms with van der Waals surface area (Å²) >= 11 is 7.45. The number of thiophene rings is 1. The molecule has 1 saturated heterocycles. The molecule has 27 heavy (non-hydrogen) atoms. The normalized spacial score (nSPS) is 19.4. The van der Waals surface area contributed by atoms with E-state index in [2.05, 4.69) is 44.8 Å². The van der Waals surface area contributed by atoms with Gasteiger partial charge in [-0.3, -0.25) is 4.98 Å². The van der Waals surface area contributed by atoms with E-state index in [1.807, 2.05) is 50.4 Å². The van der Waals surface area contributed by atoms with Crippen LogP contribution in [0.3, 0.4) is 0 Å². The maximum absolute atomic E-state index is 5.77. The molecular weight excluding hydrogens is 374 g/mol. The smallest absolute Gasteiger partial charge is 0.174 e. The molecule has 0 spiro atoms. The lowest BCUT2D eigenvalue weighted by atomic mass is 10.0. The number of rotatable bonds is 5. The molecule has 0 aliphatic carbocycles. The fraction of sp³-hybridized carbons (Fsp3) is 0.238. The highest BCUT2D eigenvalue weighted by Gasteiger charge is 2.41. The van der Waals surface area contributed by atoms with Crippen molar-refractivity contribution in [2.45, 2.75) is 32.0 Å². The van der Waals surface area contributed by atoms with E-state index < -0.39 is 0 Å². The summed E-state index contributed by atoms with van der Waals surface area (Å²) in [5.41, 5.74) is 2.03. The number of aromatic nitrogens is 1. The third-order valence-corrected chi connectivity index (χ3v) is 5.68. The summed E-state index contributed by atoms with van der Waals surface area (Å²) < 4.78 is 5.77. The SMILES string of the molecule is CC(C)Oc1ccc(N2C(=S)N[C@H](c3ccccn3)[C@@H]2c2cccs2)cc1. The topological polar surface area (TPSA) is 37.4 Å². The molecule has 4 rings (SSSR count). The van der Waals surface area contributed by atoms with Crippen molar-refractivity contribution in [1.82, 2.24) is 10.3 Å². The Morgan fingerprint density at radius 1 is 1.11 bits per heavy atom. The van der Waals surface area contributed by atoms with Crippen molar-refractivity contribution in [3.8, 4) is 5.75 Å². The van der Waals surface area contributed by atoms with Gasteiger partial charge >= 0.3 is 0 Å². The molecule has 1 aromatic carbocycles. The highest BCUT2D eigenvalue weighted by Crippen LogP contribution is 2.43. The van der Waals surface area contributed by atoms with Crippen LogP contribution in [0, 0.1) is 0 Å². The number of nitrogens with one attached hydrogen (secondary N) is 1. The summed E-state index contributed by atoms with van der Waals surface area (Å²) in [6.45, 7) is 4.05. The van der Waals surface area contributed by atoms with Crippen LogP contribution < -0.4 is 15.0 Å². The first kappa shape index (κ1) is 17.9. The third kappa shape index (κ3) is 3.68. The minimum Gasteiger partial charge on any atom is -0.491 e. The van der Waals surface area contributed by atoms with Crippen molar-refractivity contribution in [2.24, 2.45) is 0 Å². The Kier molecular flexibility index (Phi) is 5.09. The highest BCUT2D eigenvalue weighted by atomic mass is 32.1. The maximum atomic E-state index is 5.77. The molecule has 1 aliphatic heterocycles. The Labute approximate surface area is 168 Å². The summed E-state index contributed by atoms with van der Waals surface area (Å²) in [5, 5.41) is 6.29. The van der Waals surface area contributed by atoms with Crippen LogP contribution in [0.4, 0.5) is 5.69 Å². The largest absolute Gasteiger partial charge is 0.491 e. The molecule has 1 aliphatic rings. The number of thiocarbonyl (C=S) groups is 1. The van der Waals surface area contributed by atoms with Crippen molar-refractivity contribution >= 4 is 34.4 Å². The number of benzene rings is 1. The zero-order chi connectivity index (χ0) is 18.8. The first-order valence-electron chi connectivity index (χ1n) is 8.94. The summed E-state index contributed by atoms with van der Waals surface area (Å²) in [4.78, 5) is 8.00. The van der Waals surface area contributed by atoms with Crippen LogP contribution in [-0.4, -0.2) is 16.2 Å². The second-order valence-electron chi connectivity index (χ2n) is 6.67. The van der Waals surface area contributed by atoms with Crippen molar-refractivity contribution in [2.75, 3.05) is 4.90 Å². The molecule has 1 N–H and O–H groups in total. The minimum absolute atomic E-state index is 0.00365. The number of hydrogen-bond acceptors (Lipinski definition) is 4. The molecule has 0 saturated carbocycles. The number of anilines is 1. The van der Waals surface area contributed by atoms with Gasteiger partial charge in [0.2, 0.25) is 0 Å². The van der Waals surface area contributed by atoms with E-state index in [1.165, 1.54) is 4.88 Å². The molecule has 6 heteroatoms. The third-order valence-electron chi connectivity index (χ3n) is 4.42. The van der Waals surface area contributed by atoms with Crippen molar-refractivity contribution in [3.05, 3.63) is 76.7 Å². The molecule has 0 amide bonds. The van der Waals surface area contributed by atoms with E-state index in [-0.39, 0.29) is 18.2 Å². The first-order chi connectivity index (χ1) is 13.1. The quantitative estimate of drug-likeness (QED) is 0.608. The lowest BCUT2D eigenvalue weighted by Crippen LogP contribution is -2.29. The van der Waals surface area contributed by atoms with E-state index in [0.717, 1.165) is 17.1 Å². The molecule has 2 atom stereocenters. The summed E-state index contributed by atoms with van der Waals surface area (Å²) in [5.74, 6) is 0.862. The van der Waals surface area contributed by atoms with Gasteiger partial charge in [-0.2, -0.15) is 0 Å². The van der Waals surface area contributed by atoms with Gasteiger partial charge in [0.05, 0.1) is 23.9 Å². The van der Waals surface area contributed by atoms with Crippen LogP contribution in [0.15, 0.2) is 66.2 Å². The second kappa shape index (κ2) is 7.66. The monoisotopic (exact) mass is 395 g/mol. The molecule has 3 aromatic rings. The molecule has 1 fully saturated rings. The van der Waals surface area contributed by atoms with Gasteiger partial charge in [-0.1, -0.05) is 12.1 Å². The first-order valence-corrected chi connectivity index (χ1v) is 10.2. The van der Waals surface area contributed by atoms with Gasteiger partial charge in [0.1, 0.15) is 5.75 Å². The van der Waals surface area contributed by atoms with E-state index in [0.29, 0.717) is 5.11 Å². The molecule has 138 valence electrons. The summed E-state index contributed by atoms with van der Waals surface area (Å²) in [6.07, 6.45) is 1.98. The van der Waals surface area contributed by atoms with Crippen LogP contribution in [-0.2, 0) is 0 Å². The molecule has 2 aromatic heterocycles. The zero-order valence-corrected chi connectivity index (χ0v) is 16.8. The molecular formula is C21H21N3OS2. The van der Waals surface area contributed by atoms with E-state index in [1.54, 1.807) is 11.3 Å². The Bertz CT molecular complexity index is 895. The van der Waals surface area contributed by atoms with Gasteiger partial charge in [0, 0.05) is 16.8 Å². The Balaban J connectivity index is 1.71.